The van der Waals surface area contributed by atoms with E-state index < -0.39 is 0 Å². The highest BCUT2D eigenvalue weighted by atomic mass is 15.5. The summed E-state index contributed by atoms with van der Waals surface area (Å²) in [6.45, 7) is 7.08. The highest BCUT2D eigenvalue weighted by Crippen LogP contribution is 2.44. The Bertz CT molecular complexity index is 1820. The third kappa shape index (κ3) is 5.29. The predicted octanol–water partition coefficient (Wildman–Crippen LogP) is 9.29. The lowest BCUT2D eigenvalue weighted by Crippen LogP contribution is -2.43. The summed E-state index contributed by atoms with van der Waals surface area (Å²) in [6.07, 6.45) is 13.7. The van der Waals surface area contributed by atoms with Crippen molar-refractivity contribution in [1.82, 2.24) is 29.1 Å². The molecule has 3 heterocycles. The van der Waals surface area contributed by atoms with Crippen LogP contribution in [0.3, 0.4) is 0 Å². The van der Waals surface area contributed by atoms with Gasteiger partial charge < -0.3 is 13.8 Å². The van der Waals surface area contributed by atoms with Gasteiger partial charge in [-0.3, -0.25) is 0 Å². The first kappa shape index (κ1) is 30.4. The fraction of sp³-hybridized carbons (Fsp3) is 0.357. The summed E-state index contributed by atoms with van der Waals surface area (Å²) in [5.41, 5.74) is 11.7. The smallest absolute Gasteiger partial charge is 0.260 e. The first-order valence-electron chi connectivity index (χ1n) is 18.4. The zero-order valence-corrected chi connectivity index (χ0v) is 28.9. The Morgan fingerprint density at radius 1 is 0.429 bits per heavy atom. The molecule has 3 aromatic heterocycles. The van der Waals surface area contributed by atoms with Crippen molar-refractivity contribution in [2.75, 3.05) is 0 Å². The van der Waals surface area contributed by atoms with E-state index in [4.69, 9.17) is 15.3 Å². The van der Waals surface area contributed by atoms with Crippen LogP contribution >= 0.6 is 0 Å². The molecule has 0 fully saturated rings. The van der Waals surface area contributed by atoms with Crippen LogP contribution in [0.15, 0.2) is 110 Å². The first-order chi connectivity index (χ1) is 24.0. The quantitative estimate of drug-likeness (QED) is 0.170. The normalized spacial score (nSPS) is 24.7. The summed E-state index contributed by atoms with van der Waals surface area (Å²) < 4.78 is 6.55. The molecule has 3 aromatic carbocycles. The zero-order valence-electron chi connectivity index (χ0n) is 28.9. The van der Waals surface area contributed by atoms with Crippen molar-refractivity contribution in [3.63, 3.8) is 0 Å². The van der Waals surface area contributed by atoms with Crippen LogP contribution in [0.4, 0.5) is 0 Å². The Balaban J connectivity index is 1.21. The monoisotopic (exact) mass is 644 g/mol. The van der Waals surface area contributed by atoms with Gasteiger partial charge in [0.25, 0.3) is 7.12 Å². The summed E-state index contributed by atoms with van der Waals surface area (Å²) in [4.78, 5) is 0. The van der Waals surface area contributed by atoms with Crippen LogP contribution in [0, 0.1) is 0 Å². The lowest BCUT2D eigenvalue weighted by molar-refractivity contribution is 0.536. The van der Waals surface area contributed by atoms with Gasteiger partial charge in [-0.1, -0.05) is 112 Å². The molecular weight excluding hydrogens is 599 g/mol. The minimum atomic E-state index is -0.349. The van der Waals surface area contributed by atoms with Crippen molar-refractivity contribution < 1.29 is 0 Å². The average Bonchev–Trinajstić information content (AvgIpc) is 3.89. The van der Waals surface area contributed by atoms with E-state index in [9.17, 15) is 0 Å². The van der Waals surface area contributed by atoms with Crippen molar-refractivity contribution in [3.8, 4) is 0 Å². The highest BCUT2D eigenvalue weighted by Gasteiger charge is 2.34. The van der Waals surface area contributed by atoms with Crippen LogP contribution in [0.2, 0.25) is 0 Å². The minimum Gasteiger partial charge on any atom is -0.424 e. The molecule has 3 aliphatic rings. The zero-order chi connectivity index (χ0) is 33.1. The van der Waals surface area contributed by atoms with Crippen LogP contribution in [0.25, 0.3) is 0 Å². The lowest BCUT2D eigenvalue weighted by Gasteiger charge is -2.30. The Kier molecular flexibility index (Phi) is 7.67. The van der Waals surface area contributed by atoms with E-state index in [0.29, 0.717) is 17.8 Å². The molecule has 7 heteroatoms. The first-order valence-corrected chi connectivity index (χ1v) is 18.4. The van der Waals surface area contributed by atoms with E-state index in [0.717, 1.165) is 38.5 Å². The lowest BCUT2D eigenvalue weighted by atomic mass is 9.78. The van der Waals surface area contributed by atoms with Crippen LogP contribution in [0.1, 0.15) is 145 Å². The van der Waals surface area contributed by atoms with Gasteiger partial charge in [-0.15, -0.1) is 0 Å². The van der Waals surface area contributed by atoms with Gasteiger partial charge in [-0.05, 0) is 108 Å². The van der Waals surface area contributed by atoms with Crippen molar-refractivity contribution >= 4 is 7.12 Å². The molecule has 0 amide bonds. The molecule has 0 saturated carbocycles. The molecule has 9 rings (SSSR count). The SMILES string of the molecule is C[C@@H]1CC[C@@H](c2ccccc2)c2nn([B-](n3cc4c(n3)[C@H](c3ccccc3)CC[C@H]4C)n3cc4c(n3)[C@H](c3ccccc3)CC[C@H]4C)cc21. The molecule has 0 unspecified atom stereocenters. The molecule has 6 atom stereocenters. The second kappa shape index (κ2) is 12.4. The van der Waals surface area contributed by atoms with Crippen molar-refractivity contribution in [2.24, 2.45) is 0 Å². The largest absolute Gasteiger partial charge is 0.424 e. The van der Waals surface area contributed by atoms with Crippen molar-refractivity contribution in [3.05, 3.63) is 160 Å². The van der Waals surface area contributed by atoms with E-state index in [1.54, 1.807) is 0 Å². The molecule has 6 nitrogen and oxygen atoms in total. The summed E-state index contributed by atoms with van der Waals surface area (Å²) >= 11 is 0. The van der Waals surface area contributed by atoms with Gasteiger partial charge in [0, 0.05) is 17.8 Å². The molecule has 3 aliphatic carbocycles. The minimum absolute atomic E-state index is 0.288. The number of nitrogens with zero attached hydrogens (tertiary/aromatic N) is 6. The fourth-order valence-electron chi connectivity index (χ4n) is 9.09. The van der Waals surface area contributed by atoms with E-state index in [1.165, 1.54) is 50.5 Å². The Morgan fingerprint density at radius 2 is 0.714 bits per heavy atom. The van der Waals surface area contributed by atoms with Gasteiger partial charge >= 0.3 is 0 Å². The summed E-state index contributed by atoms with van der Waals surface area (Å²) in [5.74, 6) is 2.21. The molecule has 6 aromatic rings. The number of fused-ring (bicyclic) bond motifs is 3. The molecule has 0 spiro atoms. The topological polar surface area (TPSA) is 53.5 Å². The Labute approximate surface area is 290 Å². The fourth-order valence-corrected chi connectivity index (χ4v) is 9.09. The second-order valence-electron chi connectivity index (χ2n) is 15.0. The summed E-state index contributed by atoms with van der Waals surface area (Å²) in [6, 6.07) is 32.8. The van der Waals surface area contributed by atoms with Gasteiger partial charge in [0.2, 0.25) is 0 Å². The number of rotatable bonds is 6. The van der Waals surface area contributed by atoms with E-state index in [2.05, 4.69) is 144 Å². The highest BCUT2D eigenvalue weighted by molar-refractivity contribution is 6.52. The number of hydrogen-bond acceptors (Lipinski definition) is 3. The molecule has 49 heavy (non-hydrogen) atoms. The second-order valence-corrected chi connectivity index (χ2v) is 15.0. The molecule has 0 saturated heterocycles. The summed E-state index contributed by atoms with van der Waals surface area (Å²) in [5, 5.41) is 16.5. The van der Waals surface area contributed by atoms with Crippen molar-refractivity contribution in [1.29, 1.82) is 0 Å². The standard InChI is InChI=1S/C42H45BN6/c1-28-19-22-34(31-13-7-4-8-14-31)40-37(28)25-47(44-40)43(48-26-38-29(2)20-23-35(41(38)45-48)32-15-9-5-10-16-32)49-27-39-30(3)21-24-36(42(39)46-49)33-17-11-6-12-18-33/h4-18,25-30,34-36H,19-24H2,1-3H3/q-1/t28-,29-,30-,34+,35+,36+/m1/s1. The van der Waals surface area contributed by atoms with Gasteiger partial charge in [0.05, 0.1) is 17.1 Å². The van der Waals surface area contributed by atoms with Crippen LogP contribution in [-0.2, 0) is 0 Å². The van der Waals surface area contributed by atoms with Gasteiger partial charge in [0.15, 0.2) is 0 Å². The third-order valence-corrected chi connectivity index (χ3v) is 11.9. The molecule has 0 bridgehead atoms. The van der Waals surface area contributed by atoms with E-state index in [1.807, 2.05) is 0 Å². The van der Waals surface area contributed by atoms with Gasteiger partial charge in [0.1, 0.15) is 0 Å². The number of hydrogen-bond donors (Lipinski definition) is 0. The van der Waals surface area contributed by atoms with Crippen molar-refractivity contribution in [2.45, 2.75) is 94.8 Å². The Hall–Kier alpha value is -4.65. The maximum absolute atomic E-state index is 5.51. The van der Waals surface area contributed by atoms with Crippen LogP contribution in [-0.4, -0.2) is 36.2 Å². The number of benzene rings is 3. The number of aromatic nitrogens is 6. The molecule has 247 valence electrons. The average molecular weight is 645 g/mol. The molecule has 0 N–H and O–H groups in total. The molecule has 1 radical (unpaired) electrons. The van der Waals surface area contributed by atoms with E-state index in [-0.39, 0.29) is 24.9 Å². The molecular formula is C42H45BN6-. The maximum atomic E-state index is 5.51. The third-order valence-electron chi connectivity index (χ3n) is 11.9. The summed E-state index contributed by atoms with van der Waals surface area (Å²) in [7, 11) is -0.349. The van der Waals surface area contributed by atoms with Crippen LogP contribution < -0.4 is 0 Å². The van der Waals surface area contributed by atoms with Gasteiger partial charge in [-0.2, -0.15) is 0 Å². The van der Waals surface area contributed by atoms with Crippen LogP contribution in [0.5, 0.6) is 0 Å². The van der Waals surface area contributed by atoms with Gasteiger partial charge in [-0.25, -0.2) is 15.3 Å². The van der Waals surface area contributed by atoms with E-state index >= 15 is 0 Å². The Morgan fingerprint density at radius 3 is 1.00 bits per heavy atom. The predicted molar refractivity (Wildman–Crippen MR) is 196 cm³/mol. The molecule has 0 aliphatic heterocycles. The maximum Gasteiger partial charge on any atom is 0.260 e.